The Morgan fingerprint density at radius 2 is 1.63 bits per heavy atom. The molecule has 0 aliphatic heterocycles. The Morgan fingerprint density at radius 1 is 0.933 bits per heavy atom. The molecule has 0 unspecified atom stereocenters. The third-order valence-corrected chi connectivity index (χ3v) is 5.92. The lowest BCUT2D eigenvalue weighted by Crippen LogP contribution is -2.08. The highest BCUT2D eigenvalue weighted by atomic mass is 16.5. The SMILES string of the molecule is COc1cc(OC)c([C@@H]2CCC=C(CC/C=C(/C)CCCC=C(C)C)C2)cc1OC. The Labute approximate surface area is 183 Å². The molecule has 30 heavy (non-hydrogen) atoms. The van der Waals surface area contributed by atoms with Crippen LogP contribution in [-0.4, -0.2) is 21.3 Å². The van der Waals surface area contributed by atoms with Gasteiger partial charge in [-0.2, -0.15) is 0 Å². The lowest BCUT2D eigenvalue weighted by molar-refractivity contribution is 0.345. The molecular formula is C27H40O3. The predicted molar refractivity (Wildman–Crippen MR) is 127 cm³/mol. The maximum atomic E-state index is 5.68. The van der Waals surface area contributed by atoms with Gasteiger partial charge in [-0.25, -0.2) is 0 Å². The summed E-state index contributed by atoms with van der Waals surface area (Å²) >= 11 is 0. The Bertz CT molecular complexity index is 767. The minimum Gasteiger partial charge on any atom is -0.496 e. The standard InChI is InChI=1S/C27H40O3/c1-20(2)11-7-8-12-21(3)13-9-14-22-15-10-16-23(17-22)24-18-26(29-5)27(30-6)19-25(24)28-4/h11,13,15,18-19,23H,7-10,12,14,16-17H2,1-6H3/b21-13-/t23-/m1/s1. The fraction of sp³-hybridized carbons (Fsp3) is 0.556. The van der Waals surface area contributed by atoms with E-state index in [0.717, 1.165) is 49.4 Å². The van der Waals surface area contributed by atoms with E-state index in [1.807, 2.05) is 6.07 Å². The highest BCUT2D eigenvalue weighted by molar-refractivity contribution is 5.52. The summed E-state index contributed by atoms with van der Waals surface area (Å²) in [6.45, 7) is 6.62. The smallest absolute Gasteiger partial charge is 0.164 e. The van der Waals surface area contributed by atoms with Gasteiger partial charge in [0.1, 0.15) is 5.75 Å². The fourth-order valence-corrected chi connectivity index (χ4v) is 4.21. The quantitative estimate of drug-likeness (QED) is 0.274. The van der Waals surface area contributed by atoms with E-state index in [4.69, 9.17) is 14.2 Å². The summed E-state index contributed by atoms with van der Waals surface area (Å²) in [5.74, 6) is 2.85. The van der Waals surface area contributed by atoms with Crippen LogP contribution in [0.2, 0.25) is 0 Å². The van der Waals surface area contributed by atoms with Gasteiger partial charge >= 0.3 is 0 Å². The number of rotatable bonds is 11. The van der Waals surface area contributed by atoms with Crippen molar-refractivity contribution in [3.05, 3.63) is 52.6 Å². The van der Waals surface area contributed by atoms with Crippen LogP contribution < -0.4 is 14.2 Å². The molecule has 0 bridgehead atoms. The van der Waals surface area contributed by atoms with Crippen molar-refractivity contribution in [2.75, 3.05) is 21.3 Å². The van der Waals surface area contributed by atoms with Gasteiger partial charge in [-0.05, 0) is 84.1 Å². The van der Waals surface area contributed by atoms with Gasteiger partial charge in [0.05, 0.1) is 21.3 Å². The highest BCUT2D eigenvalue weighted by Gasteiger charge is 2.23. The summed E-state index contributed by atoms with van der Waals surface area (Å²) in [4.78, 5) is 0. The van der Waals surface area contributed by atoms with Gasteiger partial charge in [0.15, 0.2) is 11.5 Å². The normalized spacial score (nSPS) is 16.7. The van der Waals surface area contributed by atoms with Crippen molar-refractivity contribution in [3.8, 4) is 17.2 Å². The van der Waals surface area contributed by atoms with Crippen molar-refractivity contribution < 1.29 is 14.2 Å². The summed E-state index contributed by atoms with van der Waals surface area (Å²) in [7, 11) is 5.08. The fourth-order valence-electron chi connectivity index (χ4n) is 4.21. The third kappa shape index (κ3) is 7.27. The van der Waals surface area contributed by atoms with Crippen LogP contribution in [0.5, 0.6) is 17.2 Å². The molecule has 0 radical (unpaired) electrons. The maximum Gasteiger partial charge on any atom is 0.164 e. The molecular weight excluding hydrogens is 372 g/mol. The molecule has 0 saturated carbocycles. The van der Waals surface area contributed by atoms with Gasteiger partial charge in [0, 0.05) is 11.6 Å². The lowest BCUT2D eigenvalue weighted by atomic mass is 9.82. The predicted octanol–water partition coefficient (Wildman–Crippen LogP) is 7.77. The van der Waals surface area contributed by atoms with E-state index in [1.165, 1.54) is 36.0 Å². The van der Waals surface area contributed by atoms with Crippen LogP contribution >= 0.6 is 0 Å². The molecule has 3 heteroatoms. The zero-order chi connectivity index (χ0) is 21.9. The lowest BCUT2D eigenvalue weighted by Gasteiger charge is -2.25. The van der Waals surface area contributed by atoms with Crippen molar-refractivity contribution in [1.29, 1.82) is 0 Å². The van der Waals surface area contributed by atoms with Crippen molar-refractivity contribution in [2.45, 2.75) is 78.1 Å². The first-order valence-electron chi connectivity index (χ1n) is 11.2. The molecule has 0 fully saturated rings. The molecule has 1 atom stereocenters. The Hall–Kier alpha value is -2.16. The van der Waals surface area contributed by atoms with Crippen LogP contribution in [0.25, 0.3) is 0 Å². The zero-order valence-corrected chi connectivity index (χ0v) is 19.8. The van der Waals surface area contributed by atoms with E-state index in [-0.39, 0.29) is 0 Å². The molecule has 0 saturated heterocycles. The molecule has 2 rings (SSSR count). The topological polar surface area (TPSA) is 27.7 Å². The van der Waals surface area contributed by atoms with E-state index in [1.54, 1.807) is 26.9 Å². The maximum absolute atomic E-state index is 5.68. The summed E-state index contributed by atoms with van der Waals surface area (Å²) in [6, 6.07) is 4.05. The van der Waals surface area contributed by atoms with Gasteiger partial charge in [-0.1, -0.05) is 34.9 Å². The average molecular weight is 413 g/mol. The first-order chi connectivity index (χ1) is 14.5. The first-order valence-corrected chi connectivity index (χ1v) is 11.2. The monoisotopic (exact) mass is 412 g/mol. The largest absolute Gasteiger partial charge is 0.496 e. The van der Waals surface area contributed by atoms with Gasteiger partial charge in [0.25, 0.3) is 0 Å². The summed E-state index contributed by atoms with van der Waals surface area (Å²) in [6.07, 6.45) is 16.5. The molecule has 0 N–H and O–H groups in total. The minimum absolute atomic E-state index is 0.467. The molecule has 1 aromatic rings. The number of unbranched alkanes of at least 4 members (excludes halogenated alkanes) is 1. The van der Waals surface area contributed by atoms with Crippen molar-refractivity contribution in [3.63, 3.8) is 0 Å². The Morgan fingerprint density at radius 3 is 2.30 bits per heavy atom. The van der Waals surface area contributed by atoms with E-state index >= 15 is 0 Å². The van der Waals surface area contributed by atoms with Crippen molar-refractivity contribution in [1.82, 2.24) is 0 Å². The van der Waals surface area contributed by atoms with E-state index in [9.17, 15) is 0 Å². The molecule has 3 nitrogen and oxygen atoms in total. The van der Waals surface area contributed by atoms with E-state index < -0.39 is 0 Å². The molecule has 0 heterocycles. The average Bonchev–Trinajstić information content (AvgIpc) is 2.75. The summed E-state index contributed by atoms with van der Waals surface area (Å²) in [5.41, 5.74) is 5.73. The van der Waals surface area contributed by atoms with Crippen LogP contribution in [0.1, 0.15) is 83.6 Å². The molecule has 166 valence electrons. The van der Waals surface area contributed by atoms with E-state index in [0.29, 0.717) is 5.92 Å². The Kier molecular flexibility index (Phi) is 10.1. The van der Waals surface area contributed by atoms with E-state index in [2.05, 4.69) is 45.1 Å². The molecule has 1 aromatic carbocycles. The summed E-state index contributed by atoms with van der Waals surface area (Å²) < 4.78 is 16.7. The number of hydrogen-bond donors (Lipinski definition) is 0. The molecule has 1 aliphatic rings. The number of hydrogen-bond acceptors (Lipinski definition) is 3. The zero-order valence-electron chi connectivity index (χ0n) is 19.8. The van der Waals surface area contributed by atoms with Crippen LogP contribution in [0.4, 0.5) is 0 Å². The molecule has 1 aliphatic carbocycles. The van der Waals surface area contributed by atoms with Crippen molar-refractivity contribution in [2.24, 2.45) is 0 Å². The molecule has 0 spiro atoms. The number of benzene rings is 1. The second-order valence-electron chi connectivity index (χ2n) is 8.55. The van der Waals surface area contributed by atoms with Gasteiger partial charge < -0.3 is 14.2 Å². The van der Waals surface area contributed by atoms with Crippen LogP contribution in [0, 0.1) is 0 Å². The third-order valence-electron chi connectivity index (χ3n) is 5.92. The number of ether oxygens (including phenoxy) is 3. The number of allylic oxidation sites excluding steroid dienone is 6. The van der Waals surface area contributed by atoms with Crippen molar-refractivity contribution >= 4 is 0 Å². The number of methoxy groups -OCH3 is 3. The minimum atomic E-state index is 0.467. The van der Waals surface area contributed by atoms with Gasteiger partial charge in [-0.3, -0.25) is 0 Å². The second-order valence-corrected chi connectivity index (χ2v) is 8.55. The van der Waals surface area contributed by atoms with Crippen LogP contribution in [-0.2, 0) is 0 Å². The van der Waals surface area contributed by atoms with Crippen LogP contribution in [0.15, 0.2) is 47.1 Å². The second kappa shape index (κ2) is 12.5. The molecule has 0 aromatic heterocycles. The van der Waals surface area contributed by atoms with Gasteiger partial charge in [-0.15, -0.1) is 0 Å². The summed E-state index contributed by atoms with van der Waals surface area (Å²) in [5, 5.41) is 0. The van der Waals surface area contributed by atoms with Gasteiger partial charge in [0.2, 0.25) is 0 Å². The highest BCUT2D eigenvalue weighted by Crippen LogP contribution is 2.43. The Balaban J connectivity index is 1.95. The van der Waals surface area contributed by atoms with Crippen LogP contribution in [0.3, 0.4) is 0 Å². The molecule has 0 amide bonds. The first kappa shape index (κ1) is 24.1.